The van der Waals surface area contributed by atoms with Crippen LogP contribution in [0.15, 0.2) is 53.1 Å². The van der Waals surface area contributed by atoms with Gasteiger partial charge >= 0.3 is 5.97 Å². The monoisotopic (exact) mass is 296 g/mol. The molecule has 0 saturated carbocycles. The molecule has 3 aromatic rings. The number of benzene rings is 2. The topological polar surface area (TPSA) is 96.5 Å². The standard InChI is InChI=1S/C16H12N2O4/c19-13-7-6-11(16(20)21)9-12(13)15-17-14(22-18-15)8-10-4-2-1-3-5-10/h1-7,9,19H,8H2,(H,20,21). The number of carboxylic acid groups (broad SMARTS) is 1. The van der Waals surface area contributed by atoms with Gasteiger partial charge in [0.05, 0.1) is 17.5 Å². The fraction of sp³-hybridized carbons (Fsp3) is 0.0625. The summed E-state index contributed by atoms with van der Waals surface area (Å²) >= 11 is 0. The molecule has 2 N–H and O–H groups in total. The first-order valence-corrected chi connectivity index (χ1v) is 6.56. The summed E-state index contributed by atoms with van der Waals surface area (Å²) in [5.41, 5.74) is 1.28. The van der Waals surface area contributed by atoms with Gasteiger partial charge < -0.3 is 14.7 Å². The van der Waals surface area contributed by atoms with Gasteiger partial charge in [0.15, 0.2) is 0 Å². The lowest BCUT2D eigenvalue weighted by Gasteiger charge is -2.01. The molecule has 0 unspecified atom stereocenters. The number of phenols is 1. The van der Waals surface area contributed by atoms with Crippen molar-refractivity contribution in [3.8, 4) is 17.1 Å². The van der Waals surface area contributed by atoms with E-state index in [4.69, 9.17) is 9.63 Å². The Kier molecular flexibility index (Phi) is 3.57. The number of carboxylic acids is 1. The van der Waals surface area contributed by atoms with Crippen molar-refractivity contribution in [2.45, 2.75) is 6.42 Å². The molecular formula is C16H12N2O4. The maximum Gasteiger partial charge on any atom is 0.335 e. The largest absolute Gasteiger partial charge is 0.507 e. The molecule has 22 heavy (non-hydrogen) atoms. The van der Waals surface area contributed by atoms with Crippen molar-refractivity contribution in [3.05, 3.63) is 65.5 Å². The van der Waals surface area contributed by atoms with E-state index in [2.05, 4.69) is 10.1 Å². The minimum atomic E-state index is -1.09. The summed E-state index contributed by atoms with van der Waals surface area (Å²) in [6.45, 7) is 0. The Morgan fingerprint density at radius 2 is 1.91 bits per heavy atom. The number of hydrogen-bond acceptors (Lipinski definition) is 5. The highest BCUT2D eigenvalue weighted by Gasteiger charge is 2.15. The van der Waals surface area contributed by atoms with Crippen LogP contribution in [-0.2, 0) is 6.42 Å². The number of aromatic hydroxyl groups is 1. The Morgan fingerprint density at radius 1 is 1.14 bits per heavy atom. The van der Waals surface area contributed by atoms with E-state index in [9.17, 15) is 9.90 Å². The van der Waals surface area contributed by atoms with E-state index in [1.807, 2.05) is 30.3 Å². The zero-order valence-electron chi connectivity index (χ0n) is 11.4. The normalized spacial score (nSPS) is 10.5. The summed E-state index contributed by atoms with van der Waals surface area (Å²) in [7, 11) is 0. The molecule has 0 aliphatic heterocycles. The van der Waals surface area contributed by atoms with Gasteiger partial charge in [-0.2, -0.15) is 4.98 Å². The fourth-order valence-electron chi connectivity index (χ4n) is 2.05. The molecule has 0 saturated heterocycles. The van der Waals surface area contributed by atoms with Gasteiger partial charge in [-0.05, 0) is 23.8 Å². The average molecular weight is 296 g/mol. The Labute approximate surface area is 125 Å². The zero-order chi connectivity index (χ0) is 15.5. The molecule has 1 aromatic heterocycles. The van der Waals surface area contributed by atoms with Crippen molar-refractivity contribution in [3.63, 3.8) is 0 Å². The molecular weight excluding hydrogens is 284 g/mol. The first-order chi connectivity index (χ1) is 10.6. The van der Waals surface area contributed by atoms with Gasteiger partial charge in [-0.15, -0.1) is 0 Å². The van der Waals surface area contributed by atoms with Crippen molar-refractivity contribution in [2.24, 2.45) is 0 Å². The molecule has 6 heteroatoms. The molecule has 0 amide bonds. The van der Waals surface area contributed by atoms with Crippen LogP contribution in [-0.4, -0.2) is 26.3 Å². The van der Waals surface area contributed by atoms with E-state index >= 15 is 0 Å². The molecule has 6 nitrogen and oxygen atoms in total. The minimum Gasteiger partial charge on any atom is -0.507 e. The molecule has 0 aliphatic carbocycles. The summed E-state index contributed by atoms with van der Waals surface area (Å²) in [5, 5.41) is 22.7. The molecule has 0 aliphatic rings. The first-order valence-electron chi connectivity index (χ1n) is 6.56. The minimum absolute atomic E-state index is 0.0437. The zero-order valence-corrected chi connectivity index (χ0v) is 11.4. The van der Waals surface area contributed by atoms with Crippen LogP contribution in [0.2, 0.25) is 0 Å². The second-order valence-electron chi connectivity index (χ2n) is 4.71. The van der Waals surface area contributed by atoms with Crippen LogP contribution in [0.3, 0.4) is 0 Å². The van der Waals surface area contributed by atoms with Crippen molar-refractivity contribution in [2.75, 3.05) is 0 Å². The maximum atomic E-state index is 11.0. The highest BCUT2D eigenvalue weighted by atomic mass is 16.5. The lowest BCUT2D eigenvalue weighted by molar-refractivity contribution is 0.0697. The molecule has 0 fully saturated rings. The molecule has 0 atom stereocenters. The van der Waals surface area contributed by atoms with E-state index in [1.165, 1.54) is 18.2 Å². The third-order valence-electron chi connectivity index (χ3n) is 3.15. The number of aromatic carboxylic acids is 1. The van der Waals surface area contributed by atoms with Gasteiger partial charge in [0.2, 0.25) is 11.7 Å². The Morgan fingerprint density at radius 3 is 2.64 bits per heavy atom. The molecule has 0 bridgehead atoms. The highest BCUT2D eigenvalue weighted by molar-refractivity contribution is 5.89. The van der Waals surface area contributed by atoms with E-state index in [0.717, 1.165) is 5.56 Å². The van der Waals surface area contributed by atoms with Crippen molar-refractivity contribution >= 4 is 5.97 Å². The van der Waals surface area contributed by atoms with Crippen LogP contribution in [0.1, 0.15) is 21.8 Å². The van der Waals surface area contributed by atoms with Gasteiger partial charge in [0, 0.05) is 0 Å². The number of aromatic nitrogens is 2. The first kappa shape index (κ1) is 13.8. The van der Waals surface area contributed by atoms with Crippen LogP contribution in [0, 0.1) is 0 Å². The molecule has 0 spiro atoms. The van der Waals surface area contributed by atoms with E-state index in [0.29, 0.717) is 12.3 Å². The summed E-state index contributed by atoms with van der Waals surface area (Å²) < 4.78 is 5.16. The predicted octanol–water partition coefficient (Wildman–Crippen LogP) is 2.73. The quantitative estimate of drug-likeness (QED) is 0.768. The van der Waals surface area contributed by atoms with Crippen molar-refractivity contribution in [1.29, 1.82) is 0 Å². The lowest BCUT2D eigenvalue weighted by Crippen LogP contribution is -1.96. The van der Waals surface area contributed by atoms with Crippen molar-refractivity contribution < 1.29 is 19.5 Å². The third kappa shape index (κ3) is 2.80. The number of carbonyl (C=O) groups is 1. The van der Waals surface area contributed by atoms with Gasteiger partial charge in [-0.1, -0.05) is 35.5 Å². The highest BCUT2D eigenvalue weighted by Crippen LogP contribution is 2.28. The van der Waals surface area contributed by atoms with Crippen LogP contribution in [0.4, 0.5) is 0 Å². The molecule has 3 rings (SSSR count). The number of rotatable bonds is 4. The number of nitrogens with zero attached hydrogens (tertiary/aromatic N) is 2. The van der Waals surface area contributed by atoms with Crippen LogP contribution >= 0.6 is 0 Å². The van der Waals surface area contributed by atoms with Gasteiger partial charge in [0.25, 0.3) is 0 Å². The Balaban J connectivity index is 1.91. The van der Waals surface area contributed by atoms with E-state index < -0.39 is 5.97 Å². The maximum absolute atomic E-state index is 11.0. The predicted molar refractivity (Wildman–Crippen MR) is 77.6 cm³/mol. The fourth-order valence-corrected chi connectivity index (χ4v) is 2.05. The molecule has 2 aromatic carbocycles. The van der Waals surface area contributed by atoms with Gasteiger partial charge in [0.1, 0.15) is 5.75 Å². The van der Waals surface area contributed by atoms with Crippen LogP contribution in [0.25, 0.3) is 11.4 Å². The number of phenolic OH excluding ortho intramolecular Hbond substituents is 1. The third-order valence-corrected chi connectivity index (χ3v) is 3.15. The van der Waals surface area contributed by atoms with Gasteiger partial charge in [-0.25, -0.2) is 4.79 Å². The average Bonchev–Trinajstić information content (AvgIpc) is 2.97. The second kappa shape index (κ2) is 5.69. The summed E-state index contributed by atoms with van der Waals surface area (Å²) in [5.74, 6) is -0.640. The van der Waals surface area contributed by atoms with E-state index in [1.54, 1.807) is 0 Å². The van der Waals surface area contributed by atoms with Crippen LogP contribution in [0.5, 0.6) is 5.75 Å². The summed E-state index contributed by atoms with van der Waals surface area (Å²) in [6.07, 6.45) is 0.465. The Bertz CT molecular complexity index is 812. The second-order valence-corrected chi connectivity index (χ2v) is 4.71. The van der Waals surface area contributed by atoms with Gasteiger partial charge in [-0.3, -0.25) is 0 Å². The SMILES string of the molecule is O=C(O)c1ccc(O)c(-c2noc(Cc3ccccc3)n2)c1. The van der Waals surface area contributed by atoms with Crippen LogP contribution < -0.4 is 0 Å². The molecule has 110 valence electrons. The van der Waals surface area contributed by atoms with Crippen molar-refractivity contribution in [1.82, 2.24) is 10.1 Å². The number of hydrogen-bond donors (Lipinski definition) is 2. The van der Waals surface area contributed by atoms with E-state index in [-0.39, 0.29) is 22.7 Å². The summed E-state index contributed by atoms with van der Waals surface area (Å²) in [4.78, 5) is 15.2. The Hall–Kier alpha value is -3.15. The molecule has 1 heterocycles. The lowest BCUT2D eigenvalue weighted by atomic mass is 10.1. The summed E-state index contributed by atoms with van der Waals surface area (Å²) in [6, 6.07) is 13.5. The smallest absolute Gasteiger partial charge is 0.335 e. The molecule has 0 radical (unpaired) electrons.